The number of likely N-dealkylation sites (N-methyl/N-ethyl adjacent to an activating group) is 1. The lowest BCUT2D eigenvalue weighted by atomic mass is 10.2. The standard InChI is InChI=1S/C14H23FN4/c1-11(2)16-9-12-8-13(15)10-17-14(12)19-6-4-18(3)5-7-19/h8,10-11,16H,4-7,9H2,1-3H3. The molecule has 0 saturated carbocycles. The quantitative estimate of drug-likeness (QED) is 0.894. The van der Waals surface area contributed by atoms with E-state index in [0.717, 1.165) is 37.6 Å². The molecule has 1 aliphatic heterocycles. The van der Waals surface area contributed by atoms with Gasteiger partial charge in [-0.25, -0.2) is 9.37 Å². The summed E-state index contributed by atoms with van der Waals surface area (Å²) in [6.45, 7) is 8.77. The van der Waals surface area contributed by atoms with Crippen LogP contribution in [0.5, 0.6) is 0 Å². The average molecular weight is 266 g/mol. The Balaban J connectivity index is 2.14. The highest BCUT2D eigenvalue weighted by molar-refractivity contribution is 5.47. The maximum Gasteiger partial charge on any atom is 0.141 e. The molecule has 19 heavy (non-hydrogen) atoms. The van der Waals surface area contributed by atoms with E-state index >= 15 is 0 Å². The molecule has 106 valence electrons. The van der Waals surface area contributed by atoms with Gasteiger partial charge in [0, 0.05) is 44.3 Å². The van der Waals surface area contributed by atoms with E-state index in [1.54, 1.807) is 6.07 Å². The van der Waals surface area contributed by atoms with Crippen LogP contribution in [0.3, 0.4) is 0 Å². The molecule has 0 bridgehead atoms. The van der Waals surface area contributed by atoms with Crippen LogP contribution in [0.15, 0.2) is 12.3 Å². The van der Waals surface area contributed by atoms with E-state index in [1.807, 2.05) is 0 Å². The predicted molar refractivity (Wildman–Crippen MR) is 75.9 cm³/mol. The lowest BCUT2D eigenvalue weighted by molar-refractivity contribution is 0.311. The molecule has 0 atom stereocenters. The third-order valence-corrected chi connectivity index (χ3v) is 3.41. The highest BCUT2D eigenvalue weighted by Gasteiger charge is 2.18. The minimum atomic E-state index is -0.265. The van der Waals surface area contributed by atoms with Gasteiger partial charge in [0.2, 0.25) is 0 Å². The predicted octanol–water partition coefficient (Wildman–Crippen LogP) is 1.47. The van der Waals surface area contributed by atoms with E-state index in [4.69, 9.17) is 0 Å². The Hall–Kier alpha value is -1.20. The van der Waals surface area contributed by atoms with E-state index in [-0.39, 0.29) is 5.82 Å². The van der Waals surface area contributed by atoms with E-state index in [1.165, 1.54) is 6.20 Å². The minimum Gasteiger partial charge on any atom is -0.354 e. The van der Waals surface area contributed by atoms with E-state index in [9.17, 15) is 4.39 Å². The van der Waals surface area contributed by atoms with Crippen molar-refractivity contribution in [1.82, 2.24) is 15.2 Å². The summed E-state index contributed by atoms with van der Waals surface area (Å²) < 4.78 is 13.4. The number of halogens is 1. The first-order valence-corrected chi connectivity index (χ1v) is 6.87. The summed E-state index contributed by atoms with van der Waals surface area (Å²) in [4.78, 5) is 8.84. The van der Waals surface area contributed by atoms with Crippen molar-refractivity contribution in [3.8, 4) is 0 Å². The Bertz CT molecular complexity index is 414. The number of hydrogen-bond acceptors (Lipinski definition) is 4. The molecule has 0 radical (unpaired) electrons. The number of pyridine rings is 1. The summed E-state index contributed by atoms with van der Waals surface area (Å²) in [5.74, 6) is 0.654. The molecule has 0 amide bonds. The maximum atomic E-state index is 13.4. The fraction of sp³-hybridized carbons (Fsp3) is 0.643. The summed E-state index contributed by atoms with van der Waals surface area (Å²) in [6.07, 6.45) is 1.31. The molecule has 2 rings (SSSR count). The molecular formula is C14H23FN4. The van der Waals surface area contributed by atoms with Gasteiger partial charge in [-0.3, -0.25) is 0 Å². The summed E-state index contributed by atoms with van der Waals surface area (Å²) in [5.41, 5.74) is 0.943. The maximum absolute atomic E-state index is 13.4. The highest BCUT2D eigenvalue weighted by atomic mass is 19.1. The molecule has 0 spiro atoms. The van der Waals surface area contributed by atoms with E-state index in [0.29, 0.717) is 12.6 Å². The van der Waals surface area contributed by atoms with Crippen LogP contribution in [0.1, 0.15) is 19.4 Å². The van der Waals surface area contributed by atoms with Gasteiger partial charge in [-0.1, -0.05) is 13.8 Å². The second-order valence-corrected chi connectivity index (χ2v) is 5.46. The van der Waals surface area contributed by atoms with Crippen molar-refractivity contribution in [2.75, 3.05) is 38.1 Å². The molecule has 1 fully saturated rings. The summed E-state index contributed by atoms with van der Waals surface area (Å²) in [6, 6.07) is 1.97. The van der Waals surface area contributed by atoms with Gasteiger partial charge in [-0.2, -0.15) is 0 Å². The summed E-state index contributed by atoms with van der Waals surface area (Å²) in [5, 5.41) is 3.33. The Labute approximate surface area is 114 Å². The molecule has 1 aromatic heterocycles. The highest BCUT2D eigenvalue weighted by Crippen LogP contribution is 2.20. The Morgan fingerprint density at radius 3 is 2.63 bits per heavy atom. The summed E-state index contributed by atoms with van der Waals surface area (Å²) >= 11 is 0. The van der Waals surface area contributed by atoms with Crippen molar-refractivity contribution in [2.24, 2.45) is 0 Å². The van der Waals surface area contributed by atoms with Gasteiger partial charge < -0.3 is 15.1 Å². The van der Waals surface area contributed by atoms with Crippen LogP contribution in [0, 0.1) is 5.82 Å². The van der Waals surface area contributed by atoms with Crippen LogP contribution in [-0.2, 0) is 6.54 Å². The SMILES string of the molecule is CC(C)NCc1cc(F)cnc1N1CCN(C)CC1. The fourth-order valence-corrected chi connectivity index (χ4v) is 2.22. The number of aromatic nitrogens is 1. The van der Waals surface area contributed by atoms with E-state index < -0.39 is 0 Å². The molecule has 0 unspecified atom stereocenters. The van der Waals surface area contributed by atoms with Gasteiger partial charge in [-0.05, 0) is 13.1 Å². The second-order valence-electron chi connectivity index (χ2n) is 5.46. The normalized spacial score (nSPS) is 17.2. The largest absolute Gasteiger partial charge is 0.354 e. The molecule has 0 aliphatic carbocycles. The molecule has 2 heterocycles. The fourth-order valence-electron chi connectivity index (χ4n) is 2.22. The number of nitrogens with one attached hydrogen (secondary N) is 1. The zero-order valence-corrected chi connectivity index (χ0v) is 12.0. The van der Waals surface area contributed by atoms with Gasteiger partial charge in [0.15, 0.2) is 0 Å². The molecule has 0 aromatic carbocycles. The molecule has 1 saturated heterocycles. The van der Waals surface area contributed by atoms with Crippen molar-refractivity contribution < 1.29 is 4.39 Å². The van der Waals surface area contributed by atoms with Gasteiger partial charge in [0.05, 0.1) is 6.20 Å². The topological polar surface area (TPSA) is 31.4 Å². The first-order chi connectivity index (χ1) is 9.06. The Morgan fingerprint density at radius 2 is 2.00 bits per heavy atom. The summed E-state index contributed by atoms with van der Waals surface area (Å²) in [7, 11) is 2.12. The third kappa shape index (κ3) is 3.88. The first-order valence-electron chi connectivity index (χ1n) is 6.87. The zero-order chi connectivity index (χ0) is 13.8. The monoisotopic (exact) mass is 266 g/mol. The molecule has 1 aliphatic rings. The molecular weight excluding hydrogens is 243 g/mol. The smallest absolute Gasteiger partial charge is 0.141 e. The second kappa shape index (κ2) is 6.30. The van der Waals surface area contributed by atoms with Crippen molar-refractivity contribution in [3.05, 3.63) is 23.6 Å². The van der Waals surface area contributed by atoms with E-state index in [2.05, 4.69) is 41.0 Å². The van der Waals surface area contributed by atoms with Crippen molar-refractivity contribution in [2.45, 2.75) is 26.4 Å². The molecule has 1 aromatic rings. The Kier molecular flexibility index (Phi) is 4.71. The first kappa shape index (κ1) is 14.2. The lowest BCUT2D eigenvalue weighted by Crippen LogP contribution is -2.45. The van der Waals surface area contributed by atoms with Gasteiger partial charge in [0.25, 0.3) is 0 Å². The van der Waals surface area contributed by atoms with Gasteiger partial charge >= 0.3 is 0 Å². The van der Waals surface area contributed by atoms with Crippen molar-refractivity contribution >= 4 is 5.82 Å². The van der Waals surface area contributed by atoms with Gasteiger partial charge in [0.1, 0.15) is 11.6 Å². The molecule has 1 N–H and O–H groups in total. The lowest BCUT2D eigenvalue weighted by Gasteiger charge is -2.34. The number of rotatable bonds is 4. The number of hydrogen-bond donors (Lipinski definition) is 1. The van der Waals surface area contributed by atoms with Crippen LogP contribution >= 0.6 is 0 Å². The van der Waals surface area contributed by atoms with Crippen molar-refractivity contribution in [3.63, 3.8) is 0 Å². The average Bonchev–Trinajstić information content (AvgIpc) is 2.38. The Morgan fingerprint density at radius 1 is 1.32 bits per heavy atom. The zero-order valence-electron chi connectivity index (χ0n) is 12.0. The van der Waals surface area contributed by atoms with Crippen molar-refractivity contribution in [1.29, 1.82) is 0 Å². The van der Waals surface area contributed by atoms with Crippen LogP contribution in [0.4, 0.5) is 10.2 Å². The number of nitrogens with zero attached hydrogens (tertiary/aromatic N) is 3. The minimum absolute atomic E-state index is 0.265. The van der Waals surface area contributed by atoms with Crippen LogP contribution in [-0.4, -0.2) is 49.2 Å². The number of anilines is 1. The van der Waals surface area contributed by atoms with Crippen LogP contribution in [0.25, 0.3) is 0 Å². The third-order valence-electron chi connectivity index (χ3n) is 3.41. The molecule has 5 heteroatoms. The van der Waals surface area contributed by atoms with Gasteiger partial charge in [-0.15, -0.1) is 0 Å². The van der Waals surface area contributed by atoms with Crippen LogP contribution in [0.2, 0.25) is 0 Å². The number of piperazine rings is 1. The molecule has 4 nitrogen and oxygen atoms in total. The van der Waals surface area contributed by atoms with Crippen LogP contribution < -0.4 is 10.2 Å².